The summed E-state index contributed by atoms with van der Waals surface area (Å²) in [4.78, 5) is 17.3. The molecular formula is C27H51N7. The van der Waals surface area contributed by atoms with Crippen LogP contribution in [0.4, 0.5) is 0 Å². The molecule has 3 aliphatic rings. The monoisotopic (exact) mass is 473 g/mol. The van der Waals surface area contributed by atoms with Crippen LogP contribution in [0.3, 0.4) is 0 Å². The molecule has 0 atom stereocenters. The second kappa shape index (κ2) is 10.3. The number of hydrogen-bond acceptors (Lipinski definition) is 7. The normalized spacial score (nSPS) is 19.2. The van der Waals surface area contributed by atoms with E-state index in [-0.39, 0.29) is 16.6 Å². The van der Waals surface area contributed by atoms with Crippen molar-refractivity contribution in [3.63, 3.8) is 0 Å². The molecule has 0 unspecified atom stereocenters. The molecule has 3 heterocycles. The number of rotatable bonds is 9. The third-order valence-electron chi connectivity index (χ3n) is 7.07. The molecule has 0 saturated carbocycles. The maximum atomic E-state index is 2.65. The lowest BCUT2D eigenvalue weighted by molar-refractivity contribution is 0.126. The van der Waals surface area contributed by atoms with Crippen molar-refractivity contribution in [2.45, 2.75) is 78.9 Å². The first-order chi connectivity index (χ1) is 15.7. The highest BCUT2D eigenvalue weighted by atomic mass is 15.4. The minimum atomic E-state index is 0.174. The van der Waals surface area contributed by atoms with Crippen molar-refractivity contribution in [1.82, 2.24) is 34.3 Å². The fraction of sp³-hybridized carbons (Fsp3) is 0.778. The van der Waals surface area contributed by atoms with Crippen LogP contribution in [-0.2, 0) is 0 Å². The van der Waals surface area contributed by atoms with Gasteiger partial charge in [-0.05, 0) is 62.3 Å². The molecule has 7 nitrogen and oxygen atoms in total. The maximum Gasteiger partial charge on any atom is 0.0899 e. The van der Waals surface area contributed by atoms with Crippen molar-refractivity contribution < 1.29 is 0 Å². The van der Waals surface area contributed by atoms with E-state index in [1.165, 1.54) is 0 Å². The van der Waals surface area contributed by atoms with Crippen LogP contribution >= 0.6 is 0 Å². The van der Waals surface area contributed by atoms with Crippen molar-refractivity contribution in [3.05, 3.63) is 37.2 Å². The highest BCUT2D eigenvalue weighted by molar-refractivity contribution is 4.99. The lowest BCUT2D eigenvalue weighted by atomic mass is 10.1. The molecule has 0 bridgehead atoms. The molecule has 34 heavy (non-hydrogen) atoms. The van der Waals surface area contributed by atoms with Crippen LogP contribution in [0.5, 0.6) is 0 Å². The molecule has 0 aromatic carbocycles. The first-order valence-corrected chi connectivity index (χ1v) is 13.0. The standard InChI is InChI=1S/C27H51N7/c1-25(2,3)32-19-16-29(22-32)13-10-28(11-14-30-17-20-33(23-30)26(4,5)6)12-15-31-18-21-34(24-31)27(7,8)9/h16-21H,10-15,22-24H2,1-9H3. The predicted octanol–water partition coefficient (Wildman–Crippen LogP) is 3.82. The molecule has 0 N–H and O–H groups in total. The molecule has 3 rings (SSSR count). The summed E-state index contributed by atoms with van der Waals surface area (Å²) >= 11 is 0. The van der Waals surface area contributed by atoms with Gasteiger partial charge in [-0.15, -0.1) is 0 Å². The van der Waals surface area contributed by atoms with Crippen LogP contribution in [0.15, 0.2) is 37.2 Å². The van der Waals surface area contributed by atoms with Gasteiger partial charge in [0.25, 0.3) is 0 Å². The van der Waals surface area contributed by atoms with Gasteiger partial charge in [0.05, 0.1) is 20.0 Å². The average Bonchev–Trinajstić information content (AvgIpc) is 3.46. The van der Waals surface area contributed by atoms with E-state index in [2.05, 4.69) is 134 Å². The zero-order chi connectivity index (χ0) is 25.1. The Morgan fingerprint density at radius 1 is 0.471 bits per heavy atom. The maximum absolute atomic E-state index is 2.65. The molecule has 0 aromatic rings. The molecule has 0 fully saturated rings. The summed E-state index contributed by atoms with van der Waals surface area (Å²) in [6, 6.07) is 0. The summed E-state index contributed by atoms with van der Waals surface area (Å²) in [7, 11) is 0. The van der Waals surface area contributed by atoms with E-state index in [9.17, 15) is 0 Å². The van der Waals surface area contributed by atoms with Gasteiger partial charge < -0.3 is 29.4 Å². The Balaban J connectivity index is 1.50. The van der Waals surface area contributed by atoms with Gasteiger partial charge in [-0.1, -0.05) is 0 Å². The molecular weight excluding hydrogens is 422 g/mol. The van der Waals surface area contributed by atoms with Gasteiger partial charge in [-0.25, -0.2) is 0 Å². The molecule has 0 saturated heterocycles. The van der Waals surface area contributed by atoms with Crippen molar-refractivity contribution >= 4 is 0 Å². The van der Waals surface area contributed by atoms with E-state index in [4.69, 9.17) is 0 Å². The topological polar surface area (TPSA) is 22.7 Å². The molecule has 0 amide bonds. The molecule has 0 aromatic heterocycles. The van der Waals surface area contributed by atoms with E-state index in [0.29, 0.717) is 0 Å². The fourth-order valence-electron chi connectivity index (χ4n) is 4.28. The molecule has 3 aliphatic heterocycles. The third-order valence-corrected chi connectivity index (χ3v) is 7.07. The molecule has 0 spiro atoms. The molecule has 0 radical (unpaired) electrons. The minimum Gasteiger partial charge on any atom is -0.357 e. The van der Waals surface area contributed by atoms with Gasteiger partial charge in [0.15, 0.2) is 0 Å². The summed E-state index contributed by atoms with van der Waals surface area (Å²) in [6.45, 7) is 29.9. The van der Waals surface area contributed by atoms with Crippen LogP contribution in [0.2, 0.25) is 0 Å². The van der Waals surface area contributed by atoms with Crippen molar-refractivity contribution in [2.75, 3.05) is 59.3 Å². The molecule has 0 aliphatic carbocycles. The number of hydrogen-bond donors (Lipinski definition) is 0. The highest BCUT2D eigenvalue weighted by Crippen LogP contribution is 2.21. The SMILES string of the molecule is CC(C)(C)N1C=CN(CCN(CCN2C=CN(C(C)(C)C)C2)CCN2C=CN(C(C)(C)C)C2)C1. The van der Waals surface area contributed by atoms with Gasteiger partial charge >= 0.3 is 0 Å². The van der Waals surface area contributed by atoms with Gasteiger partial charge in [-0.2, -0.15) is 0 Å². The van der Waals surface area contributed by atoms with Gasteiger partial charge in [-0.3, -0.25) is 4.90 Å². The molecule has 194 valence electrons. The van der Waals surface area contributed by atoms with Gasteiger partial charge in [0.1, 0.15) is 0 Å². The zero-order valence-corrected chi connectivity index (χ0v) is 23.5. The van der Waals surface area contributed by atoms with Crippen molar-refractivity contribution in [1.29, 1.82) is 0 Å². The Morgan fingerprint density at radius 3 is 0.941 bits per heavy atom. The Bertz CT molecular complexity index is 638. The lowest BCUT2D eigenvalue weighted by Crippen LogP contribution is -2.45. The van der Waals surface area contributed by atoms with Crippen LogP contribution < -0.4 is 0 Å². The van der Waals surface area contributed by atoms with E-state index >= 15 is 0 Å². The van der Waals surface area contributed by atoms with Crippen LogP contribution in [0.1, 0.15) is 62.3 Å². The predicted molar refractivity (Wildman–Crippen MR) is 143 cm³/mol. The zero-order valence-electron chi connectivity index (χ0n) is 23.5. The second-order valence-corrected chi connectivity index (χ2v) is 13.0. The minimum absolute atomic E-state index is 0.174. The smallest absolute Gasteiger partial charge is 0.0899 e. The Morgan fingerprint density at radius 2 is 0.735 bits per heavy atom. The Labute approximate surface area is 209 Å². The fourth-order valence-corrected chi connectivity index (χ4v) is 4.28. The van der Waals surface area contributed by atoms with Crippen molar-refractivity contribution in [2.24, 2.45) is 0 Å². The van der Waals surface area contributed by atoms with E-state index in [0.717, 1.165) is 59.3 Å². The summed E-state index contributed by atoms with van der Waals surface area (Å²) in [5.74, 6) is 0. The summed E-state index contributed by atoms with van der Waals surface area (Å²) in [6.07, 6.45) is 13.5. The second-order valence-electron chi connectivity index (χ2n) is 13.0. The van der Waals surface area contributed by atoms with Crippen LogP contribution in [0, 0.1) is 0 Å². The lowest BCUT2D eigenvalue weighted by Gasteiger charge is -2.35. The summed E-state index contributed by atoms with van der Waals surface area (Å²) in [5, 5.41) is 0. The van der Waals surface area contributed by atoms with Gasteiger partial charge in [0.2, 0.25) is 0 Å². The highest BCUT2D eigenvalue weighted by Gasteiger charge is 2.26. The van der Waals surface area contributed by atoms with E-state index in [1.807, 2.05) is 0 Å². The summed E-state index contributed by atoms with van der Waals surface area (Å²) in [5.41, 5.74) is 0.521. The summed E-state index contributed by atoms with van der Waals surface area (Å²) < 4.78 is 0. The van der Waals surface area contributed by atoms with Gasteiger partial charge in [0, 0.05) is 93.1 Å². The quantitative estimate of drug-likeness (QED) is 0.501. The van der Waals surface area contributed by atoms with E-state index < -0.39 is 0 Å². The van der Waals surface area contributed by atoms with Crippen molar-refractivity contribution in [3.8, 4) is 0 Å². The van der Waals surface area contributed by atoms with Crippen LogP contribution in [0.25, 0.3) is 0 Å². The first kappa shape index (κ1) is 26.6. The largest absolute Gasteiger partial charge is 0.357 e. The Hall–Kier alpha value is -2.02. The van der Waals surface area contributed by atoms with Crippen LogP contribution in [-0.4, -0.2) is 110 Å². The third kappa shape index (κ3) is 7.49. The molecule has 7 heteroatoms. The number of nitrogens with zero attached hydrogens (tertiary/aromatic N) is 7. The van der Waals surface area contributed by atoms with E-state index in [1.54, 1.807) is 0 Å². The first-order valence-electron chi connectivity index (χ1n) is 13.0. The average molecular weight is 474 g/mol. The Kier molecular flexibility index (Phi) is 8.06.